The van der Waals surface area contributed by atoms with E-state index in [1.807, 2.05) is 9.80 Å². The minimum Gasteiger partial charge on any atom is -0.339 e. The Bertz CT molecular complexity index is 827. The number of nitrogens with zero attached hydrogens (tertiary/aromatic N) is 5. The Balaban J connectivity index is 1.42. The van der Waals surface area contributed by atoms with Crippen LogP contribution >= 0.6 is 0 Å². The fraction of sp³-hybridized carbons (Fsp3) is 0.647. The third-order valence-electron chi connectivity index (χ3n) is 5.46. The highest BCUT2D eigenvalue weighted by Gasteiger charge is 2.26. The highest BCUT2D eigenvalue weighted by molar-refractivity contribution is 5.77. The van der Waals surface area contributed by atoms with Crippen LogP contribution in [-0.2, 0) is 11.8 Å². The van der Waals surface area contributed by atoms with Crippen LogP contribution in [0.15, 0.2) is 11.0 Å². The second-order valence-corrected chi connectivity index (χ2v) is 7.12. The lowest BCUT2D eigenvalue weighted by molar-refractivity contribution is -0.132. The zero-order chi connectivity index (χ0) is 17.4. The molecule has 25 heavy (non-hydrogen) atoms. The first-order valence-electron chi connectivity index (χ1n) is 9.06. The van der Waals surface area contributed by atoms with Crippen molar-refractivity contribution in [3.8, 4) is 0 Å². The predicted molar refractivity (Wildman–Crippen MR) is 94.5 cm³/mol. The van der Waals surface area contributed by atoms with Gasteiger partial charge in [-0.25, -0.2) is 0 Å². The van der Waals surface area contributed by atoms with Crippen molar-refractivity contribution in [2.24, 2.45) is 13.0 Å². The molecule has 0 bridgehead atoms. The van der Waals surface area contributed by atoms with Gasteiger partial charge in [-0.2, -0.15) is 10.1 Å². The van der Waals surface area contributed by atoms with Gasteiger partial charge in [-0.05, 0) is 18.8 Å². The van der Waals surface area contributed by atoms with E-state index in [0.29, 0.717) is 55.5 Å². The van der Waals surface area contributed by atoms with Gasteiger partial charge >= 0.3 is 0 Å². The molecular formula is C17H24N6O2. The topological polar surface area (TPSA) is 87.1 Å². The lowest BCUT2D eigenvalue weighted by Crippen LogP contribution is -2.49. The number of amides is 1. The normalized spacial score (nSPS) is 19.1. The van der Waals surface area contributed by atoms with Crippen LogP contribution < -0.4 is 10.5 Å². The van der Waals surface area contributed by atoms with Gasteiger partial charge in [0.25, 0.3) is 5.56 Å². The number of hydrogen-bond acceptors (Lipinski definition) is 5. The fourth-order valence-electron chi connectivity index (χ4n) is 3.93. The van der Waals surface area contributed by atoms with Gasteiger partial charge in [0, 0.05) is 39.6 Å². The van der Waals surface area contributed by atoms with Crippen molar-refractivity contribution in [3.63, 3.8) is 0 Å². The van der Waals surface area contributed by atoms with E-state index in [9.17, 15) is 9.59 Å². The fourth-order valence-corrected chi connectivity index (χ4v) is 3.93. The molecule has 2 fully saturated rings. The number of hydrogen-bond donors (Lipinski definition) is 1. The van der Waals surface area contributed by atoms with Crippen LogP contribution in [0.2, 0.25) is 0 Å². The molecule has 1 N–H and O–H groups in total. The van der Waals surface area contributed by atoms with Crippen molar-refractivity contribution in [2.45, 2.75) is 32.1 Å². The molecule has 0 atom stereocenters. The highest BCUT2D eigenvalue weighted by atomic mass is 16.2. The summed E-state index contributed by atoms with van der Waals surface area (Å²) in [5.41, 5.74) is 0.409. The molecule has 8 heteroatoms. The SMILES string of the molecule is Cn1ncc2c(=O)[nH]c(N3CCN(C(=O)CC4CCCC4)CC3)nc21. The molecule has 0 radical (unpaired) electrons. The first-order chi connectivity index (χ1) is 12.1. The lowest BCUT2D eigenvalue weighted by Gasteiger charge is -2.35. The molecule has 134 valence electrons. The van der Waals surface area contributed by atoms with Gasteiger partial charge in [-0.15, -0.1) is 0 Å². The van der Waals surface area contributed by atoms with E-state index >= 15 is 0 Å². The van der Waals surface area contributed by atoms with Crippen LogP contribution in [0.25, 0.3) is 11.0 Å². The van der Waals surface area contributed by atoms with Crippen LogP contribution in [0, 0.1) is 5.92 Å². The Morgan fingerprint density at radius 3 is 2.68 bits per heavy atom. The van der Waals surface area contributed by atoms with E-state index in [1.54, 1.807) is 11.7 Å². The van der Waals surface area contributed by atoms with Gasteiger partial charge in [0.05, 0.1) is 6.20 Å². The molecule has 4 rings (SSSR count). The number of aromatic nitrogens is 4. The molecule has 3 heterocycles. The van der Waals surface area contributed by atoms with E-state index in [1.165, 1.54) is 31.9 Å². The second-order valence-electron chi connectivity index (χ2n) is 7.12. The van der Waals surface area contributed by atoms with Crippen LogP contribution in [0.3, 0.4) is 0 Å². The molecule has 1 aliphatic heterocycles. The van der Waals surface area contributed by atoms with Crippen molar-refractivity contribution in [1.29, 1.82) is 0 Å². The summed E-state index contributed by atoms with van der Waals surface area (Å²) in [4.78, 5) is 36.0. The summed E-state index contributed by atoms with van der Waals surface area (Å²) < 4.78 is 1.61. The van der Waals surface area contributed by atoms with E-state index in [4.69, 9.17) is 0 Å². The molecular weight excluding hydrogens is 320 g/mol. The maximum absolute atomic E-state index is 12.5. The summed E-state index contributed by atoms with van der Waals surface area (Å²) in [6.45, 7) is 2.72. The van der Waals surface area contributed by atoms with Crippen molar-refractivity contribution in [1.82, 2.24) is 24.6 Å². The quantitative estimate of drug-likeness (QED) is 0.893. The first-order valence-corrected chi connectivity index (χ1v) is 9.06. The number of aromatic amines is 1. The summed E-state index contributed by atoms with van der Waals surface area (Å²) in [5.74, 6) is 1.41. The first kappa shape index (κ1) is 16.1. The third kappa shape index (κ3) is 3.12. The number of nitrogens with one attached hydrogen (secondary N) is 1. The van der Waals surface area contributed by atoms with Gasteiger partial charge in [0.2, 0.25) is 11.9 Å². The van der Waals surface area contributed by atoms with Gasteiger partial charge in [0.15, 0.2) is 5.65 Å². The second kappa shape index (κ2) is 6.50. The number of carbonyl (C=O) groups is 1. The molecule has 2 aromatic rings. The van der Waals surface area contributed by atoms with Crippen LogP contribution in [0.5, 0.6) is 0 Å². The molecule has 1 amide bonds. The molecule has 1 saturated heterocycles. The molecule has 1 aliphatic carbocycles. The Morgan fingerprint density at radius 1 is 1.24 bits per heavy atom. The molecule has 8 nitrogen and oxygen atoms in total. The molecule has 2 aromatic heterocycles. The summed E-state index contributed by atoms with van der Waals surface area (Å²) in [6.07, 6.45) is 7.15. The molecule has 0 aromatic carbocycles. The molecule has 2 aliphatic rings. The number of rotatable bonds is 3. The summed E-state index contributed by atoms with van der Waals surface area (Å²) in [5, 5.41) is 4.59. The van der Waals surface area contributed by atoms with Crippen molar-refractivity contribution >= 4 is 22.9 Å². The Morgan fingerprint density at radius 2 is 1.96 bits per heavy atom. The van der Waals surface area contributed by atoms with Gasteiger partial charge in [0.1, 0.15) is 5.39 Å². The number of aryl methyl sites for hydroxylation is 1. The van der Waals surface area contributed by atoms with E-state index < -0.39 is 0 Å². The Kier molecular flexibility index (Phi) is 4.19. The monoisotopic (exact) mass is 344 g/mol. The van der Waals surface area contributed by atoms with Crippen molar-refractivity contribution in [3.05, 3.63) is 16.6 Å². The lowest BCUT2D eigenvalue weighted by atomic mass is 10.0. The Labute approximate surface area is 145 Å². The zero-order valence-corrected chi connectivity index (χ0v) is 14.6. The van der Waals surface area contributed by atoms with Gasteiger partial charge < -0.3 is 9.80 Å². The maximum Gasteiger partial charge on any atom is 0.263 e. The van der Waals surface area contributed by atoms with Crippen molar-refractivity contribution in [2.75, 3.05) is 31.1 Å². The minimum atomic E-state index is -0.173. The number of fused-ring (bicyclic) bond motifs is 1. The summed E-state index contributed by atoms with van der Waals surface area (Å²) in [7, 11) is 1.78. The van der Waals surface area contributed by atoms with Crippen molar-refractivity contribution < 1.29 is 4.79 Å². The largest absolute Gasteiger partial charge is 0.339 e. The summed E-state index contributed by atoms with van der Waals surface area (Å²) in [6, 6.07) is 0. The number of piperazine rings is 1. The van der Waals surface area contributed by atoms with Crippen LogP contribution in [0.4, 0.5) is 5.95 Å². The zero-order valence-electron chi connectivity index (χ0n) is 14.6. The van der Waals surface area contributed by atoms with E-state index in [0.717, 1.165) is 0 Å². The van der Waals surface area contributed by atoms with Crippen LogP contribution in [-0.4, -0.2) is 56.7 Å². The maximum atomic E-state index is 12.5. The third-order valence-corrected chi connectivity index (χ3v) is 5.46. The highest BCUT2D eigenvalue weighted by Crippen LogP contribution is 2.28. The van der Waals surface area contributed by atoms with Gasteiger partial charge in [-0.3, -0.25) is 19.3 Å². The summed E-state index contributed by atoms with van der Waals surface area (Å²) >= 11 is 0. The molecule has 0 unspecified atom stereocenters. The average Bonchev–Trinajstić information content (AvgIpc) is 3.25. The van der Waals surface area contributed by atoms with Crippen LogP contribution in [0.1, 0.15) is 32.1 Å². The molecule has 0 spiro atoms. The molecule has 1 saturated carbocycles. The number of H-pyrrole nitrogens is 1. The average molecular weight is 344 g/mol. The predicted octanol–water partition coefficient (Wildman–Crippen LogP) is 0.885. The van der Waals surface area contributed by atoms with E-state index in [-0.39, 0.29) is 11.5 Å². The minimum absolute atomic E-state index is 0.173. The number of anilines is 1. The number of carbonyl (C=O) groups excluding carboxylic acids is 1. The smallest absolute Gasteiger partial charge is 0.263 e. The standard InChI is InChI=1S/C17H24N6O2/c1-21-15-13(11-18-21)16(25)20-17(19-15)23-8-6-22(7-9-23)14(24)10-12-4-2-3-5-12/h11-12H,2-10H2,1H3,(H,19,20,25). The van der Waals surface area contributed by atoms with E-state index in [2.05, 4.69) is 15.1 Å². The van der Waals surface area contributed by atoms with Gasteiger partial charge in [-0.1, -0.05) is 12.8 Å². The Hall–Kier alpha value is -2.38.